The second kappa shape index (κ2) is 8.75. The summed E-state index contributed by atoms with van der Waals surface area (Å²) in [6.07, 6.45) is 8.69. The van der Waals surface area contributed by atoms with Crippen LogP contribution in [0.25, 0.3) is 0 Å². The molecule has 1 atom stereocenters. The maximum absolute atomic E-state index is 13.7. The summed E-state index contributed by atoms with van der Waals surface area (Å²) < 4.78 is 13.7. The summed E-state index contributed by atoms with van der Waals surface area (Å²) in [7, 11) is 0. The lowest BCUT2D eigenvalue weighted by molar-refractivity contribution is -0.133. The lowest BCUT2D eigenvalue weighted by Gasteiger charge is -2.33. The molecule has 25 heavy (non-hydrogen) atoms. The average Bonchev–Trinajstić information content (AvgIpc) is 2.66. The molecule has 0 spiro atoms. The first-order valence-corrected chi connectivity index (χ1v) is 9.12. The molecule has 0 aliphatic carbocycles. The lowest BCUT2D eigenvalue weighted by atomic mass is 9.91. The van der Waals surface area contributed by atoms with Crippen LogP contribution < -0.4 is 0 Å². The van der Waals surface area contributed by atoms with E-state index in [-0.39, 0.29) is 11.7 Å². The van der Waals surface area contributed by atoms with Gasteiger partial charge in [-0.2, -0.15) is 0 Å². The van der Waals surface area contributed by atoms with E-state index >= 15 is 0 Å². The molecule has 0 bridgehead atoms. The lowest BCUT2D eigenvalue weighted by Crippen LogP contribution is -2.40. The van der Waals surface area contributed by atoms with Crippen molar-refractivity contribution in [1.29, 1.82) is 0 Å². The molecule has 3 nitrogen and oxygen atoms in total. The quantitative estimate of drug-likeness (QED) is 0.795. The number of hydrogen-bond acceptors (Lipinski definition) is 2. The van der Waals surface area contributed by atoms with Crippen LogP contribution in [0.3, 0.4) is 0 Å². The summed E-state index contributed by atoms with van der Waals surface area (Å²) in [6, 6.07) is 10.9. The number of aromatic nitrogens is 1. The molecular formula is C21H25FN2O. The van der Waals surface area contributed by atoms with E-state index in [9.17, 15) is 9.18 Å². The van der Waals surface area contributed by atoms with Gasteiger partial charge in [-0.1, -0.05) is 18.2 Å². The molecule has 3 rings (SSSR count). The third-order valence-electron chi connectivity index (χ3n) is 5.03. The minimum atomic E-state index is -0.122. The van der Waals surface area contributed by atoms with Gasteiger partial charge in [0.05, 0.1) is 0 Å². The van der Waals surface area contributed by atoms with Gasteiger partial charge in [0, 0.05) is 31.9 Å². The molecule has 0 radical (unpaired) electrons. The smallest absolute Gasteiger partial charge is 0.222 e. The zero-order valence-electron chi connectivity index (χ0n) is 14.5. The van der Waals surface area contributed by atoms with Crippen LogP contribution in [-0.2, 0) is 17.6 Å². The zero-order valence-corrected chi connectivity index (χ0v) is 14.5. The third kappa shape index (κ3) is 5.12. The van der Waals surface area contributed by atoms with Crippen LogP contribution in [0.4, 0.5) is 4.39 Å². The van der Waals surface area contributed by atoms with Gasteiger partial charge in [-0.25, -0.2) is 4.39 Å². The molecule has 1 saturated heterocycles. The number of rotatable bonds is 6. The predicted molar refractivity (Wildman–Crippen MR) is 96.6 cm³/mol. The molecule has 2 heterocycles. The SMILES string of the molecule is O=C(CCc1ccncc1)N1CCC[C@@H](CCc2ccccc2F)C1. The molecule has 1 aliphatic rings. The molecule has 1 fully saturated rings. The molecule has 1 aromatic carbocycles. The highest BCUT2D eigenvalue weighted by Crippen LogP contribution is 2.23. The molecule has 0 N–H and O–H groups in total. The summed E-state index contributed by atoms with van der Waals surface area (Å²) in [5, 5.41) is 0. The van der Waals surface area contributed by atoms with Gasteiger partial charge in [-0.15, -0.1) is 0 Å². The monoisotopic (exact) mass is 340 g/mol. The number of piperidine rings is 1. The number of hydrogen-bond donors (Lipinski definition) is 0. The van der Waals surface area contributed by atoms with Crippen molar-refractivity contribution in [3.05, 3.63) is 65.7 Å². The van der Waals surface area contributed by atoms with Crippen molar-refractivity contribution in [2.75, 3.05) is 13.1 Å². The molecule has 132 valence electrons. The van der Waals surface area contributed by atoms with Gasteiger partial charge >= 0.3 is 0 Å². The Morgan fingerprint density at radius 3 is 2.76 bits per heavy atom. The van der Waals surface area contributed by atoms with Crippen molar-refractivity contribution in [2.24, 2.45) is 5.92 Å². The Morgan fingerprint density at radius 1 is 1.16 bits per heavy atom. The number of benzene rings is 1. The van der Waals surface area contributed by atoms with Crippen LogP contribution in [0.5, 0.6) is 0 Å². The topological polar surface area (TPSA) is 33.2 Å². The largest absolute Gasteiger partial charge is 0.342 e. The van der Waals surface area contributed by atoms with Gasteiger partial charge in [0.2, 0.25) is 5.91 Å². The summed E-state index contributed by atoms with van der Waals surface area (Å²) in [5.41, 5.74) is 1.93. The Hall–Kier alpha value is -2.23. The van der Waals surface area contributed by atoms with Crippen molar-refractivity contribution in [3.63, 3.8) is 0 Å². The van der Waals surface area contributed by atoms with E-state index < -0.39 is 0 Å². The molecular weight excluding hydrogens is 315 g/mol. The summed E-state index contributed by atoms with van der Waals surface area (Å²) in [4.78, 5) is 18.5. The normalized spacial score (nSPS) is 17.5. The molecule has 0 saturated carbocycles. The summed E-state index contributed by atoms with van der Waals surface area (Å²) >= 11 is 0. The molecule has 4 heteroatoms. The maximum Gasteiger partial charge on any atom is 0.222 e. The van der Waals surface area contributed by atoms with E-state index in [1.807, 2.05) is 29.2 Å². The van der Waals surface area contributed by atoms with Crippen LogP contribution in [0.2, 0.25) is 0 Å². The van der Waals surface area contributed by atoms with Crippen LogP contribution >= 0.6 is 0 Å². The van der Waals surface area contributed by atoms with Crippen LogP contribution in [0.1, 0.15) is 36.8 Å². The van der Waals surface area contributed by atoms with E-state index in [1.165, 1.54) is 6.07 Å². The first kappa shape index (κ1) is 17.6. The summed E-state index contributed by atoms with van der Waals surface area (Å²) in [6.45, 7) is 1.66. The number of aryl methyl sites for hydroxylation is 2. The highest BCUT2D eigenvalue weighted by Gasteiger charge is 2.23. The first-order valence-electron chi connectivity index (χ1n) is 9.12. The average molecular weight is 340 g/mol. The van der Waals surface area contributed by atoms with Gasteiger partial charge < -0.3 is 4.90 Å². The minimum absolute atomic E-state index is 0.122. The second-order valence-corrected chi connectivity index (χ2v) is 6.83. The minimum Gasteiger partial charge on any atom is -0.342 e. The van der Waals surface area contributed by atoms with E-state index in [1.54, 1.807) is 18.5 Å². The first-order chi connectivity index (χ1) is 12.2. The van der Waals surface area contributed by atoms with Crippen LogP contribution in [-0.4, -0.2) is 28.9 Å². The van der Waals surface area contributed by atoms with Crippen LogP contribution in [0, 0.1) is 11.7 Å². The van der Waals surface area contributed by atoms with E-state index in [4.69, 9.17) is 0 Å². The van der Waals surface area contributed by atoms with E-state index in [2.05, 4.69) is 4.98 Å². The highest BCUT2D eigenvalue weighted by molar-refractivity contribution is 5.76. The fraction of sp³-hybridized carbons (Fsp3) is 0.429. The maximum atomic E-state index is 13.7. The fourth-order valence-corrected chi connectivity index (χ4v) is 3.55. The zero-order chi connectivity index (χ0) is 17.5. The van der Waals surface area contributed by atoms with E-state index in [0.29, 0.717) is 12.3 Å². The molecule has 0 unspecified atom stereocenters. The number of carbonyl (C=O) groups excluding carboxylic acids is 1. The van der Waals surface area contributed by atoms with E-state index in [0.717, 1.165) is 56.3 Å². The Morgan fingerprint density at radius 2 is 1.96 bits per heavy atom. The summed E-state index contributed by atoms with van der Waals surface area (Å²) in [5.74, 6) is 0.578. The predicted octanol–water partition coefficient (Wildman–Crippen LogP) is 4.02. The van der Waals surface area contributed by atoms with Gasteiger partial charge in [0.25, 0.3) is 0 Å². The molecule has 1 aliphatic heterocycles. The number of nitrogens with zero attached hydrogens (tertiary/aromatic N) is 2. The highest BCUT2D eigenvalue weighted by atomic mass is 19.1. The Labute approximate surface area is 148 Å². The second-order valence-electron chi connectivity index (χ2n) is 6.83. The number of pyridine rings is 1. The third-order valence-corrected chi connectivity index (χ3v) is 5.03. The van der Waals surface area contributed by atoms with Crippen LogP contribution in [0.15, 0.2) is 48.8 Å². The van der Waals surface area contributed by atoms with Gasteiger partial charge in [-0.3, -0.25) is 9.78 Å². The Balaban J connectivity index is 1.47. The molecule has 1 aromatic heterocycles. The van der Waals surface area contributed by atoms with Crippen molar-refractivity contribution in [1.82, 2.24) is 9.88 Å². The number of likely N-dealkylation sites (tertiary alicyclic amines) is 1. The van der Waals surface area contributed by atoms with Crippen molar-refractivity contribution < 1.29 is 9.18 Å². The number of halogens is 1. The number of amides is 1. The Kier molecular flexibility index (Phi) is 6.15. The molecule has 2 aromatic rings. The standard InChI is InChI=1S/C21H25FN2O/c22-20-6-2-1-5-19(20)9-7-18-4-3-15-24(16-18)21(25)10-8-17-11-13-23-14-12-17/h1-2,5-6,11-14,18H,3-4,7-10,15-16H2/t18-/m0/s1. The van der Waals surface area contributed by atoms with Gasteiger partial charge in [0.15, 0.2) is 0 Å². The van der Waals surface area contributed by atoms with Crippen molar-refractivity contribution in [2.45, 2.75) is 38.5 Å². The molecule has 1 amide bonds. The van der Waals surface area contributed by atoms with Crippen molar-refractivity contribution >= 4 is 5.91 Å². The number of carbonyl (C=O) groups is 1. The van der Waals surface area contributed by atoms with Gasteiger partial charge in [-0.05, 0) is 67.3 Å². The van der Waals surface area contributed by atoms with Gasteiger partial charge in [0.1, 0.15) is 5.82 Å². The fourth-order valence-electron chi connectivity index (χ4n) is 3.55. The Bertz CT molecular complexity index is 689. The van der Waals surface area contributed by atoms with Crippen molar-refractivity contribution in [3.8, 4) is 0 Å².